The number of thioether (sulfide) groups is 1. The zero-order valence-electron chi connectivity index (χ0n) is 17.5. The maximum Gasteiger partial charge on any atom is 0.328 e. The van der Waals surface area contributed by atoms with Gasteiger partial charge in [0.15, 0.2) is 5.16 Å². The second kappa shape index (κ2) is 11.4. The number of nitrogen functional groups attached to an aromatic ring is 1. The van der Waals surface area contributed by atoms with Gasteiger partial charge in [0.05, 0.1) is 12.9 Å². The number of nitrogens with two attached hydrogens (primary N) is 1. The van der Waals surface area contributed by atoms with E-state index in [2.05, 4.69) is 10.3 Å². The van der Waals surface area contributed by atoms with Crippen LogP contribution in [-0.2, 0) is 27.3 Å². The number of carbonyl (C=O) groups is 2. The highest BCUT2D eigenvalue weighted by Crippen LogP contribution is 2.18. The first kappa shape index (κ1) is 23.5. The minimum absolute atomic E-state index is 0.00712. The third-order valence-corrected chi connectivity index (χ3v) is 5.32. The van der Waals surface area contributed by atoms with E-state index in [-0.39, 0.29) is 17.6 Å². The molecule has 30 heavy (non-hydrogen) atoms. The molecule has 0 saturated carbocycles. The van der Waals surface area contributed by atoms with E-state index in [4.69, 9.17) is 10.5 Å². The Bertz CT molecular complexity index is 915. The molecule has 2 aromatic rings. The van der Waals surface area contributed by atoms with Crippen molar-refractivity contribution in [2.24, 2.45) is 5.92 Å². The molecule has 3 N–H and O–H groups in total. The third-order valence-electron chi connectivity index (χ3n) is 4.35. The fourth-order valence-corrected chi connectivity index (χ4v) is 3.77. The molecule has 1 unspecified atom stereocenters. The van der Waals surface area contributed by atoms with Gasteiger partial charge < -0.3 is 20.4 Å². The van der Waals surface area contributed by atoms with Crippen molar-refractivity contribution in [1.82, 2.24) is 14.9 Å². The van der Waals surface area contributed by atoms with Crippen molar-refractivity contribution in [2.45, 2.75) is 44.4 Å². The number of ether oxygens (including phenoxy) is 1. The molecular formula is C21H28N4O4S. The molecule has 1 atom stereocenters. The van der Waals surface area contributed by atoms with Gasteiger partial charge >= 0.3 is 5.97 Å². The van der Waals surface area contributed by atoms with Crippen LogP contribution in [0.3, 0.4) is 0 Å². The number of carbonyl (C=O) groups excluding carboxylic acids is 2. The van der Waals surface area contributed by atoms with E-state index >= 15 is 0 Å². The Morgan fingerprint density at radius 1 is 1.27 bits per heavy atom. The predicted molar refractivity (Wildman–Crippen MR) is 117 cm³/mol. The number of methoxy groups -OCH3 is 1. The standard InChI is InChI=1S/C21H28N4O4S/c1-14(2)11-16(20(28)29-3)23-19(27)13-30-21-24-18(26)12-17(22)25(21)10-9-15-7-5-4-6-8-15/h4-8,12,14,16H,9-11,13,22H2,1-3H3,(H,23,27). The van der Waals surface area contributed by atoms with Gasteiger partial charge in [0, 0.05) is 12.6 Å². The second-order valence-corrected chi connectivity index (χ2v) is 8.19. The number of esters is 1. The molecule has 0 aliphatic carbocycles. The number of hydrogen-bond donors (Lipinski definition) is 2. The summed E-state index contributed by atoms with van der Waals surface area (Å²) in [6, 6.07) is 10.4. The number of aromatic nitrogens is 2. The molecule has 0 aliphatic heterocycles. The fourth-order valence-electron chi connectivity index (χ4n) is 2.92. The molecular weight excluding hydrogens is 404 g/mol. The summed E-state index contributed by atoms with van der Waals surface area (Å²) in [4.78, 5) is 40.2. The van der Waals surface area contributed by atoms with E-state index in [1.165, 1.54) is 13.2 Å². The van der Waals surface area contributed by atoms with Crippen LogP contribution >= 0.6 is 11.8 Å². The maximum absolute atomic E-state index is 12.4. The van der Waals surface area contributed by atoms with Gasteiger partial charge in [-0.2, -0.15) is 4.98 Å². The van der Waals surface area contributed by atoms with Gasteiger partial charge in [-0.15, -0.1) is 0 Å². The van der Waals surface area contributed by atoms with Gasteiger partial charge in [-0.05, 0) is 24.3 Å². The molecule has 2 rings (SSSR count). The van der Waals surface area contributed by atoms with Crippen LogP contribution < -0.4 is 16.6 Å². The molecule has 0 fully saturated rings. The lowest BCUT2D eigenvalue weighted by molar-refractivity contribution is -0.145. The topological polar surface area (TPSA) is 116 Å². The van der Waals surface area contributed by atoms with Crippen molar-refractivity contribution >= 4 is 29.5 Å². The quantitative estimate of drug-likeness (QED) is 0.334. The lowest BCUT2D eigenvalue weighted by atomic mass is 10.0. The maximum atomic E-state index is 12.4. The molecule has 9 heteroatoms. The van der Waals surface area contributed by atoms with Crippen LogP contribution in [0, 0.1) is 5.92 Å². The van der Waals surface area contributed by atoms with Crippen LogP contribution in [0.4, 0.5) is 5.82 Å². The van der Waals surface area contributed by atoms with Crippen LogP contribution in [0.1, 0.15) is 25.8 Å². The van der Waals surface area contributed by atoms with E-state index < -0.39 is 17.6 Å². The zero-order valence-corrected chi connectivity index (χ0v) is 18.3. The summed E-state index contributed by atoms with van der Waals surface area (Å²) in [6.45, 7) is 4.43. The molecule has 1 aromatic carbocycles. The minimum Gasteiger partial charge on any atom is -0.467 e. The van der Waals surface area contributed by atoms with Crippen molar-refractivity contribution in [3.8, 4) is 0 Å². The SMILES string of the molecule is COC(=O)C(CC(C)C)NC(=O)CSc1nc(=O)cc(N)n1CCc1ccccc1. The number of nitrogens with zero attached hydrogens (tertiary/aromatic N) is 2. The highest BCUT2D eigenvalue weighted by atomic mass is 32.2. The summed E-state index contributed by atoms with van der Waals surface area (Å²) in [7, 11) is 1.29. The zero-order chi connectivity index (χ0) is 22.1. The van der Waals surface area contributed by atoms with Gasteiger partial charge in [-0.25, -0.2) is 4.79 Å². The number of amides is 1. The Morgan fingerprint density at radius 3 is 2.60 bits per heavy atom. The van der Waals surface area contributed by atoms with E-state index in [9.17, 15) is 14.4 Å². The van der Waals surface area contributed by atoms with Crippen molar-refractivity contribution in [3.63, 3.8) is 0 Å². The normalized spacial score (nSPS) is 11.9. The number of rotatable bonds is 10. The van der Waals surface area contributed by atoms with Crippen molar-refractivity contribution in [2.75, 3.05) is 18.6 Å². The molecule has 0 aliphatic rings. The van der Waals surface area contributed by atoms with Crippen molar-refractivity contribution < 1.29 is 14.3 Å². The van der Waals surface area contributed by atoms with Crippen LogP contribution in [0.5, 0.6) is 0 Å². The molecule has 8 nitrogen and oxygen atoms in total. The molecule has 0 spiro atoms. The first-order valence-corrected chi connectivity index (χ1v) is 10.7. The van der Waals surface area contributed by atoms with E-state index in [1.54, 1.807) is 4.57 Å². The molecule has 1 heterocycles. The summed E-state index contributed by atoms with van der Waals surface area (Å²) in [5, 5.41) is 3.06. The largest absolute Gasteiger partial charge is 0.467 e. The molecule has 0 radical (unpaired) electrons. The number of anilines is 1. The fraction of sp³-hybridized carbons (Fsp3) is 0.429. The summed E-state index contributed by atoms with van der Waals surface area (Å²) in [5.41, 5.74) is 6.70. The second-order valence-electron chi connectivity index (χ2n) is 7.25. The highest BCUT2D eigenvalue weighted by molar-refractivity contribution is 7.99. The minimum atomic E-state index is -0.711. The van der Waals surface area contributed by atoms with Crippen LogP contribution in [-0.4, -0.2) is 40.3 Å². The Hall–Kier alpha value is -2.81. The first-order valence-electron chi connectivity index (χ1n) is 9.71. The highest BCUT2D eigenvalue weighted by Gasteiger charge is 2.23. The number of nitrogens with one attached hydrogen (secondary N) is 1. The Morgan fingerprint density at radius 2 is 1.97 bits per heavy atom. The number of benzene rings is 1. The smallest absolute Gasteiger partial charge is 0.328 e. The summed E-state index contributed by atoms with van der Waals surface area (Å²) in [6.07, 6.45) is 1.18. The van der Waals surface area contributed by atoms with E-state index in [0.717, 1.165) is 17.3 Å². The van der Waals surface area contributed by atoms with Crippen molar-refractivity contribution in [1.29, 1.82) is 0 Å². The third kappa shape index (κ3) is 7.22. The van der Waals surface area contributed by atoms with Crippen LogP contribution in [0.2, 0.25) is 0 Å². The first-order chi connectivity index (χ1) is 14.3. The van der Waals surface area contributed by atoms with Crippen molar-refractivity contribution in [3.05, 3.63) is 52.3 Å². The van der Waals surface area contributed by atoms with Gasteiger partial charge in [0.2, 0.25) is 5.91 Å². The molecule has 0 saturated heterocycles. The summed E-state index contributed by atoms with van der Waals surface area (Å²) >= 11 is 1.11. The monoisotopic (exact) mass is 432 g/mol. The Balaban J connectivity index is 2.06. The van der Waals surface area contributed by atoms with Gasteiger partial charge in [-0.1, -0.05) is 55.9 Å². The molecule has 1 aromatic heterocycles. The van der Waals surface area contributed by atoms with Gasteiger partial charge in [-0.3, -0.25) is 9.59 Å². The predicted octanol–water partition coefficient (Wildman–Crippen LogP) is 1.86. The molecule has 1 amide bonds. The average molecular weight is 433 g/mol. The Kier molecular flexibility index (Phi) is 8.91. The lowest BCUT2D eigenvalue weighted by Gasteiger charge is -2.18. The molecule has 162 valence electrons. The molecule has 0 bridgehead atoms. The van der Waals surface area contributed by atoms with Crippen LogP contribution in [0.25, 0.3) is 0 Å². The summed E-state index contributed by atoms with van der Waals surface area (Å²) in [5.74, 6) is -0.333. The number of aryl methyl sites for hydroxylation is 1. The van der Waals surface area contributed by atoms with Gasteiger partial charge in [0.1, 0.15) is 11.9 Å². The van der Waals surface area contributed by atoms with E-state index in [1.807, 2.05) is 44.2 Å². The number of hydrogen-bond acceptors (Lipinski definition) is 7. The van der Waals surface area contributed by atoms with Gasteiger partial charge in [0.25, 0.3) is 5.56 Å². The summed E-state index contributed by atoms with van der Waals surface area (Å²) < 4.78 is 6.49. The van der Waals surface area contributed by atoms with Crippen LogP contribution in [0.15, 0.2) is 46.3 Å². The average Bonchev–Trinajstić information content (AvgIpc) is 2.70. The lowest BCUT2D eigenvalue weighted by Crippen LogP contribution is -2.43. The van der Waals surface area contributed by atoms with E-state index in [0.29, 0.717) is 30.4 Å². The Labute approximate surface area is 180 Å².